The van der Waals surface area contributed by atoms with Crippen molar-refractivity contribution < 1.29 is 0 Å². The smallest absolute Gasteiger partial charge is 0.136 e. The molecule has 2 N–H and O–H groups in total. The maximum atomic E-state index is 6.03. The van der Waals surface area contributed by atoms with E-state index in [1.54, 1.807) is 0 Å². The number of hydrogen-bond acceptors (Lipinski definition) is 4. The first-order valence-corrected chi connectivity index (χ1v) is 8.72. The lowest BCUT2D eigenvalue weighted by Gasteiger charge is -2.18. The van der Waals surface area contributed by atoms with E-state index in [-0.39, 0.29) is 0 Å². The number of aromatic nitrogens is 2. The van der Waals surface area contributed by atoms with Gasteiger partial charge in [0.15, 0.2) is 0 Å². The SMILES string of the molecule is Cc1nc(Nc2cccc(Cl)c2)cc(NC2CCCCCC2)n1. The summed E-state index contributed by atoms with van der Waals surface area (Å²) in [6.45, 7) is 1.92. The van der Waals surface area contributed by atoms with E-state index in [9.17, 15) is 0 Å². The summed E-state index contributed by atoms with van der Waals surface area (Å²) in [5.41, 5.74) is 0.927. The molecule has 0 aliphatic heterocycles. The second-order valence-electron chi connectivity index (χ2n) is 6.15. The Bertz CT molecular complexity index is 651. The molecule has 1 aromatic heterocycles. The Kier molecular flexibility index (Phi) is 5.34. The molecule has 2 aromatic rings. The Labute approximate surface area is 142 Å². The number of nitrogens with zero attached hydrogens (tertiary/aromatic N) is 2. The molecule has 1 aliphatic rings. The molecular formula is C18H23ClN4. The van der Waals surface area contributed by atoms with Gasteiger partial charge in [0.05, 0.1) is 0 Å². The first kappa shape index (κ1) is 16.1. The molecule has 0 spiro atoms. The predicted molar refractivity (Wildman–Crippen MR) is 96.6 cm³/mol. The number of benzene rings is 1. The molecule has 1 fully saturated rings. The molecule has 4 nitrogen and oxygen atoms in total. The number of nitrogens with one attached hydrogen (secondary N) is 2. The molecule has 0 unspecified atom stereocenters. The van der Waals surface area contributed by atoms with Gasteiger partial charge in [-0.1, -0.05) is 43.4 Å². The van der Waals surface area contributed by atoms with E-state index in [0.29, 0.717) is 11.1 Å². The first-order chi connectivity index (χ1) is 11.2. The van der Waals surface area contributed by atoms with Crippen LogP contribution in [0.4, 0.5) is 17.3 Å². The summed E-state index contributed by atoms with van der Waals surface area (Å²) in [6.07, 6.45) is 7.75. The zero-order chi connectivity index (χ0) is 16.1. The molecule has 23 heavy (non-hydrogen) atoms. The van der Waals surface area contributed by atoms with Crippen molar-refractivity contribution in [1.29, 1.82) is 0 Å². The maximum Gasteiger partial charge on any atom is 0.136 e. The van der Waals surface area contributed by atoms with E-state index >= 15 is 0 Å². The van der Waals surface area contributed by atoms with E-state index in [1.165, 1.54) is 38.5 Å². The van der Waals surface area contributed by atoms with E-state index in [2.05, 4.69) is 20.6 Å². The van der Waals surface area contributed by atoms with Crippen LogP contribution in [0.25, 0.3) is 0 Å². The van der Waals surface area contributed by atoms with Crippen molar-refractivity contribution in [3.63, 3.8) is 0 Å². The normalized spacial score (nSPS) is 15.9. The number of hydrogen-bond donors (Lipinski definition) is 2. The highest BCUT2D eigenvalue weighted by Gasteiger charge is 2.13. The Morgan fingerprint density at radius 2 is 1.74 bits per heavy atom. The van der Waals surface area contributed by atoms with E-state index in [4.69, 9.17) is 11.6 Å². The minimum absolute atomic E-state index is 0.519. The van der Waals surface area contributed by atoms with Gasteiger partial charge in [0, 0.05) is 22.8 Å². The van der Waals surface area contributed by atoms with Gasteiger partial charge in [0.1, 0.15) is 17.5 Å². The van der Waals surface area contributed by atoms with Crippen LogP contribution in [0.3, 0.4) is 0 Å². The molecule has 0 radical (unpaired) electrons. The highest BCUT2D eigenvalue weighted by atomic mass is 35.5. The molecule has 5 heteroatoms. The van der Waals surface area contributed by atoms with Crippen molar-refractivity contribution in [2.75, 3.05) is 10.6 Å². The Morgan fingerprint density at radius 3 is 2.48 bits per heavy atom. The number of anilines is 3. The van der Waals surface area contributed by atoms with Crippen molar-refractivity contribution in [2.45, 2.75) is 51.5 Å². The summed E-state index contributed by atoms with van der Waals surface area (Å²) >= 11 is 6.03. The van der Waals surface area contributed by atoms with Gasteiger partial charge in [-0.3, -0.25) is 0 Å². The highest BCUT2D eigenvalue weighted by molar-refractivity contribution is 6.30. The molecule has 1 saturated carbocycles. The molecule has 1 aromatic carbocycles. The average molecular weight is 331 g/mol. The van der Waals surface area contributed by atoms with Crippen molar-refractivity contribution in [2.24, 2.45) is 0 Å². The fourth-order valence-electron chi connectivity index (χ4n) is 3.05. The van der Waals surface area contributed by atoms with Crippen LogP contribution in [-0.4, -0.2) is 16.0 Å². The first-order valence-electron chi connectivity index (χ1n) is 8.34. The van der Waals surface area contributed by atoms with E-state index in [1.807, 2.05) is 37.3 Å². The van der Waals surface area contributed by atoms with Gasteiger partial charge < -0.3 is 10.6 Å². The van der Waals surface area contributed by atoms with Crippen molar-refractivity contribution in [1.82, 2.24) is 9.97 Å². The number of aryl methyl sites for hydroxylation is 1. The van der Waals surface area contributed by atoms with E-state index < -0.39 is 0 Å². The monoisotopic (exact) mass is 330 g/mol. The highest BCUT2D eigenvalue weighted by Crippen LogP contribution is 2.23. The summed E-state index contributed by atoms with van der Waals surface area (Å²) in [6, 6.07) is 10.1. The van der Waals surface area contributed by atoms with Crippen LogP contribution < -0.4 is 10.6 Å². The van der Waals surface area contributed by atoms with Crippen LogP contribution in [0.15, 0.2) is 30.3 Å². The lowest BCUT2D eigenvalue weighted by atomic mass is 10.1. The van der Waals surface area contributed by atoms with Crippen LogP contribution in [0.1, 0.15) is 44.3 Å². The largest absolute Gasteiger partial charge is 0.367 e. The average Bonchev–Trinajstić information content (AvgIpc) is 2.75. The molecule has 0 bridgehead atoms. The minimum atomic E-state index is 0.519. The van der Waals surface area contributed by atoms with Gasteiger partial charge in [-0.15, -0.1) is 0 Å². The molecule has 1 aliphatic carbocycles. The van der Waals surface area contributed by atoms with Crippen LogP contribution in [0, 0.1) is 6.92 Å². The lowest BCUT2D eigenvalue weighted by Crippen LogP contribution is -2.19. The molecular weight excluding hydrogens is 308 g/mol. The van der Waals surface area contributed by atoms with Gasteiger partial charge in [-0.25, -0.2) is 9.97 Å². The summed E-state index contributed by atoms with van der Waals surface area (Å²) in [5.74, 6) is 2.44. The molecule has 122 valence electrons. The quantitative estimate of drug-likeness (QED) is 0.745. The number of halogens is 1. The van der Waals surface area contributed by atoms with Gasteiger partial charge in [-0.2, -0.15) is 0 Å². The van der Waals surface area contributed by atoms with Crippen LogP contribution in [0.5, 0.6) is 0 Å². The summed E-state index contributed by atoms with van der Waals surface area (Å²) in [7, 11) is 0. The Balaban J connectivity index is 1.73. The zero-order valence-corrected chi connectivity index (χ0v) is 14.2. The third kappa shape index (κ3) is 4.83. The lowest BCUT2D eigenvalue weighted by molar-refractivity contribution is 0.617. The van der Waals surface area contributed by atoms with Gasteiger partial charge in [0.2, 0.25) is 0 Å². The number of rotatable bonds is 4. The third-order valence-electron chi connectivity index (χ3n) is 4.14. The van der Waals surface area contributed by atoms with Crippen molar-refractivity contribution in [3.8, 4) is 0 Å². The topological polar surface area (TPSA) is 49.8 Å². The standard InChI is InChI=1S/C18H23ClN4/c1-13-20-17(22-15-8-4-2-3-5-9-15)12-18(21-13)23-16-10-6-7-14(19)11-16/h6-7,10-12,15H,2-5,8-9H2,1H3,(H2,20,21,22,23). The fourth-order valence-corrected chi connectivity index (χ4v) is 3.24. The van der Waals surface area contributed by atoms with Gasteiger partial charge in [0.25, 0.3) is 0 Å². The molecule has 0 atom stereocenters. The second-order valence-corrected chi connectivity index (χ2v) is 6.59. The van der Waals surface area contributed by atoms with Crippen LogP contribution >= 0.6 is 11.6 Å². The van der Waals surface area contributed by atoms with Crippen LogP contribution in [-0.2, 0) is 0 Å². The molecule has 0 amide bonds. The van der Waals surface area contributed by atoms with Crippen molar-refractivity contribution >= 4 is 28.9 Å². The fraction of sp³-hybridized carbons (Fsp3) is 0.444. The summed E-state index contributed by atoms with van der Waals surface area (Å²) in [4.78, 5) is 8.99. The third-order valence-corrected chi connectivity index (χ3v) is 4.38. The van der Waals surface area contributed by atoms with Crippen molar-refractivity contribution in [3.05, 3.63) is 41.2 Å². The second kappa shape index (κ2) is 7.64. The van der Waals surface area contributed by atoms with Crippen LogP contribution in [0.2, 0.25) is 5.02 Å². The molecule has 0 saturated heterocycles. The molecule has 1 heterocycles. The Hall–Kier alpha value is -1.81. The van der Waals surface area contributed by atoms with Gasteiger partial charge in [-0.05, 0) is 38.0 Å². The summed E-state index contributed by atoms with van der Waals surface area (Å²) < 4.78 is 0. The summed E-state index contributed by atoms with van der Waals surface area (Å²) in [5, 5.41) is 7.59. The Morgan fingerprint density at radius 1 is 1.00 bits per heavy atom. The maximum absolute atomic E-state index is 6.03. The molecule has 3 rings (SSSR count). The predicted octanol–water partition coefficient (Wildman–Crippen LogP) is 5.32. The van der Waals surface area contributed by atoms with E-state index in [0.717, 1.165) is 23.1 Å². The zero-order valence-electron chi connectivity index (χ0n) is 13.5. The minimum Gasteiger partial charge on any atom is -0.367 e. The van der Waals surface area contributed by atoms with Gasteiger partial charge >= 0.3 is 0 Å².